The average molecular weight is 288 g/mol. The van der Waals surface area contributed by atoms with Crippen molar-refractivity contribution in [3.63, 3.8) is 0 Å². The lowest BCUT2D eigenvalue weighted by Crippen LogP contribution is -2.54. The first-order chi connectivity index (χ1) is 9.76. The molecule has 1 heteroatoms. The van der Waals surface area contributed by atoms with Crippen LogP contribution in [0.15, 0.2) is 36.0 Å². The Bertz CT molecular complexity index is 472. The van der Waals surface area contributed by atoms with Crippen molar-refractivity contribution in [3.8, 4) is 0 Å². The zero-order valence-electron chi connectivity index (χ0n) is 14.4. The number of hydrogen-bond acceptors (Lipinski definition) is 1. The summed E-state index contributed by atoms with van der Waals surface area (Å²) in [6.07, 6.45) is 10.7. The molecular formula is C20H32O. The number of allylic oxidation sites excluding steroid dienone is 4. The molecule has 1 nitrogen and oxygen atoms in total. The summed E-state index contributed by atoms with van der Waals surface area (Å²) in [7, 11) is 0. The van der Waals surface area contributed by atoms with Gasteiger partial charge in [-0.3, -0.25) is 0 Å². The molecule has 0 radical (unpaired) electrons. The first-order valence-electron chi connectivity index (χ1n) is 8.43. The maximum Gasteiger partial charge on any atom is 0.0785 e. The maximum atomic E-state index is 11.0. The van der Waals surface area contributed by atoms with E-state index in [4.69, 9.17) is 0 Å². The van der Waals surface area contributed by atoms with E-state index in [1.807, 2.05) is 19.1 Å². The lowest BCUT2D eigenvalue weighted by molar-refractivity contribution is -0.102. The molecule has 0 bridgehead atoms. The molecule has 118 valence electrons. The van der Waals surface area contributed by atoms with Gasteiger partial charge in [0.05, 0.1) is 6.10 Å². The lowest BCUT2D eigenvalue weighted by atomic mass is 9.46. The lowest BCUT2D eigenvalue weighted by Gasteiger charge is -2.59. The maximum absolute atomic E-state index is 11.0. The largest absolute Gasteiger partial charge is 0.388 e. The summed E-state index contributed by atoms with van der Waals surface area (Å²) in [6.45, 7) is 15.2. The fourth-order valence-electron chi connectivity index (χ4n) is 4.83. The van der Waals surface area contributed by atoms with Crippen LogP contribution in [0.5, 0.6) is 0 Å². The summed E-state index contributed by atoms with van der Waals surface area (Å²) in [5, 5.41) is 11.0. The quantitative estimate of drug-likeness (QED) is 0.553. The first-order valence-corrected chi connectivity index (χ1v) is 8.43. The van der Waals surface area contributed by atoms with Crippen molar-refractivity contribution in [2.24, 2.45) is 22.7 Å². The fraction of sp³-hybridized carbons (Fsp3) is 0.700. The summed E-state index contributed by atoms with van der Waals surface area (Å²) in [6, 6.07) is 0. The third kappa shape index (κ3) is 2.54. The van der Waals surface area contributed by atoms with Crippen LogP contribution in [0.25, 0.3) is 0 Å². The van der Waals surface area contributed by atoms with Crippen molar-refractivity contribution in [1.82, 2.24) is 0 Å². The van der Waals surface area contributed by atoms with Gasteiger partial charge in [0.1, 0.15) is 0 Å². The SMILES string of the molecule is C=CC(C)=CC(O)C1(C)C(C)CCC2(C)C(C)=CCCC21. The van der Waals surface area contributed by atoms with Gasteiger partial charge < -0.3 is 5.11 Å². The van der Waals surface area contributed by atoms with Crippen molar-refractivity contribution in [3.05, 3.63) is 36.0 Å². The van der Waals surface area contributed by atoms with Crippen LogP contribution in [0.4, 0.5) is 0 Å². The Balaban J connectivity index is 2.44. The molecule has 1 fully saturated rings. The second kappa shape index (κ2) is 5.76. The molecule has 2 aliphatic rings. The molecule has 0 aliphatic heterocycles. The Morgan fingerprint density at radius 2 is 2.10 bits per heavy atom. The minimum absolute atomic E-state index is 0.0488. The Morgan fingerprint density at radius 1 is 1.43 bits per heavy atom. The van der Waals surface area contributed by atoms with E-state index in [9.17, 15) is 5.11 Å². The summed E-state index contributed by atoms with van der Waals surface area (Å²) < 4.78 is 0. The zero-order valence-corrected chi connectivity index (χ0v) is 14.4. The van der Waals surface area contributed by atoms with Crippen molar-refractivity contribution in [2.45, 2.75) is 66.4 Å². The second-order valence-electron chi connectivity index (χ2n) is 7.80. The average Bonchev–Trinajstić information content (AvgIpc) is 2.45. The minimum atomic E-state index is -0.388. The fourth-order valence-corrected chi connectivity index (χ4v) is 4.83. The molecule has 0 amide bonds. The molecule has 0 saturated heterocycles. The van der Waals surface area contributed by atoms with Gasteiger partial charge in [-0.15, -0.1) is 0 Å². The van der Waals surface area contributed by atoms with Gasteiger partial charge >= 0.3 is 0 Å². The normalized spacial score (nSPS) is 42.0. The summed E-state index contributed by atoms with van der Waals surface area (Å²) in [5.41, 5.74) is 2.82. The third-order valence-electron chi connectivity index (χ3n) is 6.87. The highest BCUT2D eigenvalue weighted by Crippen LogP contribution is 2.61. The zero-order chi connectivity index (χ0) is 15.8. The van der Waals surface area contributed by atoms with Crippen LogP contribution in [-0.4, -0.2) is 11.2 Å². The van der Waals surface area contributed by atoms with E-state index in [0.29, 0.717) is 11.8 Å². The van der Waals surface area contributed by atoms with Crippen molar-refractivity contribution < 1.29 is 5.11 Å². The molecule has 1 N–H and O–H groups in total. The van der Waals surface area contributed by atoms with E-state index >= 15 is 0 Å². The van der Waals surface area contributed by atoms with Gasteiger partial charge in [-0.2, -0.15) is 0 Å². The minimum Gasteiger partial charge on any atom is -0.388 e. The highest BCUT2D eigenvalue weighted by atomic mass is 16.3. The molecule has 2 rings (SSSR count). The van der Waals surface area contributed by atoms with Gasteiger partial charge in [-0.25, -0.2) is 0 Å². The van der Waals surface area contributed by atoms with Crippen LogP contribution < -0.4 is 0 Å². The van der Waals surface area contributed by atoms with Crippen LogP contribution in [0, 0.1) is 22.7 Å². The summed E-state index contributed by atoms with van der Waals surface area (Å²) in [4.78, 5) is 0. The Labute approximate surface area is 130 Å². The van der Waals surface area contributed by atoms with E-state index in [2.05, 4.69) is 40.3 Å². The number of fused-ring (bicyclic) bond motifs is 1. The highest BCUT2D eigenvalue weighted by molar-refractivity contribution is 5.24. The van der Waals surface area contributed by atoms with Crippen LogP contribution in [0.1, 0.15) is 60.3 Å². The molecule has 0 spiro atoms. The van der Waals surface area contributed by atoms with E-state index < -0.39 is 0 Å². The summed E-state index contributed by atoms with van der Waals surface area (Å²) >= 11 is 0. The molecule has 5 unspecified atom stereocenters. The summed E-state index contributed by atoms with van der Waals surface area (Å²) in [5.74, 6) is 1.10. The van der Waals surface area contributed by atoms with Crippen LogP contribution in [0.2, 0.25) is 0 Å². The molecule has 0 aromatic rings. The highest BCUT2D eigenvalue weighted by Gasteiger charge is 2.55. The van der Waals surface area contributed by atoms with Crippen molar-refractivity contribution in [2.75, 3.05) is 0 Å². The van der Waals surface area contributed by atoms with Gasteiger partial charge in [0.2, 0.25) is 0 Å². The van der Waals surface area contributed by atoms with E-state index in [0.717, 1.165) is 12.0 Å². The number of hydrogen-bond donors (Lipinski definition) is 1. The second-order valence-corrected chi connectivity index (χ2v) is 7.80. The number of aliphatic hydroxyl groups excluding tert-OH is 1. The molecule has 0 aromatic heterocycles. The molecule has 2 aliphatic carbocycles. The molecule has 5 atom stereocenters. The predicted octanol–water partition coefficient (Wildman–Crippen LogP) is 5.28. The monoisotopic (exact) mass is 288 g/mol. The van der Waals surface area contributed by atoms with Gasteiger partial charge in [-0.1, -0.05) is 56.7 Å². The molecular weight excluding hydrogens is 256 g/mol. The molecule has 1 saturated carbocycles. The molecule has 0 aromatic carbocycles. The van der Waals surface area contributed by atoms with Crippen LogP contribution in [0.3, 0.4) is 0 Å². The van der Waals surface area contributed by atoms with E-state index in [1.54, 1.807) is 0 Å². The Morgan fingerprint density at radius 3 is 2.71 bits per heavy atom. The van der Waals surface area contributed by atoms with Crippen LogP contribution >= 0.6 is 0 Å². The first kappa shape index (κ1) is 16.5. The number of rotatable bonds is 3. The molecule has 0 heterocycles. The smallest absolute Gasteiger partial charge is 0.0785 e. The molecule has 21 heavy (non-hydrogen) atoms. The Hall–Kier alpha value is -0.820. The van der Waals surface area contributed by atoms with E-state index in [-0.39, 0.29) is 16.9 Å². The van der Waals surface area contributed by atoms with Crippen molar-refractivity contribution >= 4 is 0 Å². The Kier molecular flexibility index (Phi) is 4.54. The van der Waals surface area contributed by atoms with Gasteiger partial charge in [0, 0.05) is 5.41 Å². The van der Waals surface area contributed by atoms with Gasteiger partial charge in [-0.05, 0) is 56.8 Å². The topological polar surface area (TPSA) is 20.2 Å². The predicted molar refractivity (Wildman–Crippen MR) is 91.1 cm³/mol. The van der Waals surface area contributed by atoms with Crippen molar-refractivity contribution in [1.29, 1.82) is 0 Å². The third-order valence-corrected chi connectivity index (χ3v) is 6.87. The standard InChI is InChI=1S/C20H32O/c1-7-14(2)13-18(21)20(6)16(4)11-12-19(5)15(3)9-8-10-17(19)20/h7,9,13,16-18,21H,1,8,10-12H2,2-6H3. The van der Waals surface area contributed by atoms with E-state index in [1.165, 1.54) is 24.8 Å². The van der Waals surface area contributed by atoms with Gasteiger partial charge in [0.25, 0.3) is 0 Å². The van der Waals surface area contributed by atoms with Gasteiger partial charge in [0.15, 0.2) is 0 Å². The number of aliphatic hydroxyl groups is 1. The van der Waals surface area contributed by atoms with Crippen LogP contribution in [-0.2, 0) is 0 Å².